The predicted molar refractivity (Wildman–Crippen MR) is 96.1 cm³/mol. The summed E-state index contributed by atoms with van der Waals surface area (Å²) in [6.07, 6.45) is 1.75. The lowest BCUT2D eigenvalue weighted by Crippen LogP contribution is -2.26. The van der Waals surface area contributed by atoms with Gasteiger partial charge in [-0.25, -0.2) is 0 Å². The van der Waals surface area contributed by atoms with Gasteiger partial charge >= 0.3 is 0 Å². The molecule has 2 rings (SSSR count). The van der Waals surface area contributed by atoms with Crippen LogP contribution < -0.4 is 0 Å². The zero-order valence-corrected chi connectivity index (χ0v) is 14.1. The summed E-state index contributed by atoms with van der Waals surface area (Å²) in [5.41, 5.74) is 0.460. The smallest absolute Gasteiger partial charge is 0.271 e. The Kier molecular flexibility index (Phi) is 7.33. The highest BCUT2D eigenvalue weighted by Gasteiger charge is 2.26. The van der Waals surface area contributed by atoms with E-state index < -0.39 is 10.3 Å². The first-order chi connectivity index (χ1) is 10.8. The maximum Gasteiger partial charge on any atom is 0.271 e. The zero-order chi connectivity index (χ0) is 17.8. The molecule has 0 bridgehead atoms. The van der Waals surface area contributed by atoms with Crippen molar-refractivity contribution in [3.63, 3.8) is 0 Å². The van der Waals surface area contributed by atoms with Crippen LogP contribution in [0.15, 0.2) is 24.4 Å². The number of nitro groups is 1. The van der Waals surface area contributed by atoms with Gasteiger partial charge in [0.1, 0.15) is 0 Å². The average Bonchev–Trinajstić information content (AvgIpc) is 2.86. The molecule has 0 aliphatic heterocycles. The van der Waals surface area contributed by atoms with Crippen molar-refractivity contribution in [1.82, 2.24) is 4.57 Å². The van der Waals surface area contributed by atoms with Crippen LogP contribution in [0, 0.1) is 26.9 Å². The minimum atomic E-state index is -0.625. The molecule has 1 aromatic carbocycles. The molecular weight excluding hydrogens is 306 g/mol. The Morgan fingerprint density at radius 2 is 1.92 bits per heavy atom. The van der Waals surface area contributed by atoms with E-state index in [1.807, 2.05) is 19.9 Å². The molecule has 0 saturated carbocycles. The number of hydrogen-bond acceptors (Lipinski definition) is 4. The summed E-state index contributed by atoms with van der Waals surface area (Å²) in [5, 5.41) is 20.5. The highest BCUT2D eigenvalue weighted by Crippen LogP contribution is 2.29. The molecule has 0 saturated heterocycles. The maximum absolute atomic E-state index is 12.5. The van der Waals surface area contributed by atoms with Gasteiger partial charge in [0.2, 0.25) is 5.91 Å². The Bertz CT molecular complexity index is 777. The van der Waals surface area contributed by atoms with Crippen molar-refractivity contribution in [2.24, 2.45) is 5.41 Å². The summed E-state index contributed by atoms with van der Waals surface area (Å²) in [5.74, 6) is -0.169. The van der Waals surface area contributed by atoms with E-state index in [-0.39, 0.29) is 25.4 Å². The molecule has 0 N–H and O–H groups in total. The van der Waals surface area contributed by atoms with Gasteiger partial charge in [0, 0.05) is 29.1 Å². The van der Waals surface area contributed by atoms with E-state index in [9.17, 15) is 14.9 Å². The number of non-ortho nitro benzene ring substituents is 1. The number of aromatic nitrogens is 1. The van der Waals surface area contributed by atoms with E-state index in [2.05, 4.69) is 0 Å². The molecule has 6 heteroatoms. The van der Waals surface area contributed by atoms with Gasteiger partial charge in [-0.2, -0.15) is 5.26 Å². The third-order valence-corrected chi connectivity index (χ3v) is 3.21. The highest BCUT2D eigenvalue weighted by molar-refractivity contribution is 5.97. The van der Waals surface area contributed by atoms with Crippen molar-refractivity contribution in [3.8, 4) is 6.07 Å². The molecule has 0 aliphatic rings. The largest absolute Gasteiger partial charge is 0.286 e. The van der Waals surface area contributed by atoms with Crippen LogP contribution in [0.5, 0.6) is 0 Å². The number of rotatable bonds is 2. The van der Waals surface area contributed by atoms with Crippen LogP contribution >= 0.6 is 0 Å². The third kappa shape index (κ3) is 4.19. The topological polar surface area (TPSA) is 88.9 Å². The molecule has 1 heterocycles. The standard InChI is InChI=1S/C15H15N3O3.C2H6.CH4/c1-15(2,3)14(19)17-9-10(6-7-16)12-5-4-11(18(20)21)8-13(12)17;1-2;/h4-5,8-9H,6H2,1-3H3;1-2H3;1H4. The van der Waals surface area contributed by atoms with Gasteiger partial charge in [-0.15, -0.1) is 0 Å². The summed E-state index contributed by atoms with van der Waals surface area (Å²) in [4.78, 5) is 22.9. The molecule has 0 spiro atoms. The Morgan fingerprint density at radius 1 is 1.33 bits per heavy atom. The van der Waals surface area contributed by atoms with E-state index in [4.69, 9.17) is 5.26 Å². The quantitative estimate of drug-likeness (QED) is 0.574. The Balaban J connectivity index is 0.00000170. The number of nitrogens with zero attached hydrogens (tertiary/aromatic N) is 3. The van der Waals surface area contributed by atoms with E-state index in [1.165, 1.54) is 16.7 Å². The number of fused-ring (bicyclic) bond motifs is 1. The lowest BCUT2D eigenvalue weighted by atomic mass is 9.95. The second-order valence-corrected chi connectivity index (χ2v) is 5.87. The van der Waals surface area contributed by atoms with Gasteiger partial charge in [-0.3, -0.25) is 19.5 Å². The summed E-state index contributed by atoms with van der Waals surface area (Å²) < 4.78 is 1.41. The molecule has 0 aliphatic carbocycles. The van der Waals surface area contributed by atoms with Crippen molar-refractivity contribution in [1.29, 1.82) is 5.26 Å². The summed E-state index contributed by atoms with van der Waals surface area (Å²) in [6, 6.07) is 6.39. The summed E-state index contributed by atoms with van der Waals surface area (Å²) in [6.45, 7) is 9.34. The summed E-state index contributed by atoms with van der Waals surface area (Å²) >= 11 is 0. The Morgan fingerprint density at radius 3 is 2.38 bits per heavy atom. The van der Waals surface area contributed by atoms with Crippen LogP contribution in [0.2, 0.25) is 0 Å². The van der Waals surface area contributed by atoms with Gasteiger partial charge in [0.05, 0.1) is 22.9 Å². The molecule has 0 amide bonds. The van der Waals surface area contributed by atoms with Crippen LogP contribution in [0.3, 0.4) is 0 Å². The van der Waals surface area contributed by atoms with Gasteiger partial charge in [-0.05, 0) is 11.6 Å². The van der Waals surface area contributed by atoms with Crippen molar-refractivity contribution >= 4 is 22.5 Å². The Hall–Kier alpha value is -2.68. The van der Waals surface area contributed by atoms with E-state index in [0.717, 1.165) is 0 Å². The molecule has 1 aromatic heterocycles. The molecule has 24 heavy (non-hydrogen) atoms. The minimum Gasteiger partial charge on any atom is -0.286 e. The maximum atomic E-state index is 12.5. The molecule has 6 nitrogen and oxygen atoms in total. The van der Waals surface area contributed by atoms with E-state index in [0.29, 0.717) is 16.5 Å². The van der Waals surface area contributed by atoms with Crippen molar-refractivity contribution in [2.75, 3.05) is 0 Å². The number of carbonyl (C=O) groups excluding carboxylic acids is 1. The number of nitro benzene ring substituents is 1. The monoisotopic (exact) mass is 331 g/mol. The summed E-state index contributed by atoms with van der Waals surface area (Å²) in [7, 11) is 0. The van der Waals surface area contributed by atoms with Crippen molar-refractivity contribution in [2.45, 2.75) is 48.5 Å². The lowest BCUT2D eigenvalue weighted by Gasteiger charge is -2.17. The van der Waals surface area contributed by atoms with Gasteiger partial charge in [0.15, 0.2) is 0 Å². The molecule has 0 unspecified atom stereocenters. The highest BCUT2D eigenvalue weighted by atomic mass is 16.6. The van der Waals surface area contributed by atoms with Gasteiger partial charge in [-0.1, -0.05) is 42.0 Å². The van der Waals surface area contributed by atoms with Gasteiger partial charge in [0.25, 0.3) is 5.69 Å². The van der Waals surface area contributed by atoms with Crippen LogP contribution in [-0.2, 0) is 6.42 Å². The first-order valence-corrected chi connectivity index (χ1v) is 7.46. The number of hydrogen-bond donors (Lipinski definition) is 0. The third-order valence-electron chi connectivity index (χ3n) is 3.21. The minimum absolute atomic E-state index is 0. The number of carbonyl (C=O) groups is 1. The first kappa shape index (κ1) is 21.3. The molecule has 130 valence electrons. The zero-order valence-electron chi connectivity index (χ0n) is 14.1. The van der Waals surface area contributed by atoms with Crippen LogP contribution in [-0.4, -0.2) is 15.4 Å². The van der Waals surface area contributed by atoms with Crippen LogP contribution in [0.1, 0.15) is 52.4 Å². The van der Waals surface area contributed by atoms with E-state index in [1.54, 1.807) is 33.0 Å². The SMILES string of the molecule is C.CC.CC(C)(C)C(=O)n1cc(CC#N)c2ccc([N+](=O)[O-])cc21. The number of benzene rings is 1. The molecule has 2 aromatic rings. The average molecular weight is 331 g/mol. The van der Waals surface area contributed by atoms with Crippen molar-refractivity contribution < 1.29 is 9.72 Å². The fourth-order valence-corrected chi connectivity index (χ4v) is 2.15. The van der Waals surface area contributed by atoms with Gasteiger partial charge < -0.3 is 0 Å². The molecule has 0 radical (unpaired) electrons. The van der Waals surface area contributed by atoms with Crippen LogP contribution in [0.4, 0.5) is 5.69 Å². The Labute approximate surface area is 142 Å². The van der Waals surface area contributed by atoms with Crippen molar-refractivity contribution in [3.05, 3.63) is 40.1 Å². The predicted octanol–water partition coefficient (Wildman–Crippen LogP) is 4.96. The molecule has 0 fully saturated rings. The lowest BCUT2D eigenvalue weighted by molar-refractivity contribution is -0.384. The number of nitriles is 1. The molecular formula is C18H25N3O3. The second-order valence-electron chi connectivity index (χ2n) is 5.87. The normalized spacial score (nSPS) is 10.2. The fourth-order valence-electron chi connectivity index (χ4n) is 2.15. The molecule has 0 atom stereocenters. The van der Waals surface area contributed by atoms with E-state index >= 15 is 0 Å². The van der Waals surface area contributed by atoms with Crippen LogP contribution in [0.25, 0.3) is 10.9 Å². The second kappa shape index (κ2) is 8.25. The fraction of sp³-hybridized carbons (Fsp3) is 0.444. The first-order valence-electron chi connectivity index (χ1n) is 7.46.